The monoisotopic (exact) mass is 291 g/mol. The van der Waals surface area contributed by atoms with Crippen LogP contribution in [-0.4, -0.2) is 25.8 Å². The van der Waals surface area contributed by atoms with Crippen molar-refractivity contribution >= 4 is 0 Å². The molecule has 0 heterocycles. The Labute approximate surface area is 129 Å². The molecule has 3 heteroatoms. The van der Waals surface area contributed by atoms with Gasteiger partial charge in [0.25, 0.3) is 0 Å². The highest BCUT2D eigenvalue weighted by Gasteiger charge is 2.21. The summed E-state index contributed by atoms with van der Waals surface area (Å²) in [6.07, 6.45) is 4.69. The minimum Gasteiger partial charge on any atom is -0.490 e. The van der Waals surface area contributed by atoms with Crippen LogP contribution in [0.1, 0.15) is 57.9 Å². The highest BCUT2D eigenvalue weighted by Crippen LogP contribution is 2.31. The van der Waals surface area contributed by atoms with Gasteiger partial charge in [0.05, 0.1) is 13.2 Å². The maximum atomic E-state index is 5.87. The normalized spacial score (nSPS) is 15.8. The van der Waals surface area contributed by atoms with Crippen molar-refractivity contribution in [2.45, 2.75) is 58.4 Å². The van der Waals surface area contributed by atoms with E-state index in [2.05, 4.69) is 44.3 Å². The molecule has 0 aliphatic heterocycles. The molecule has 21 heavy (non-hydrogen) atoms. The van der Waals surface area contributed by atoms with Crippen molar-refractivity contribution in [3.8, 4) is 11.5 Å². The molecule has 0 spiro atoms. The zero-order chi connectivity index (χ0) is 15.1. The van der Waals surface area contributed by atoms with Crippen molar-refractivity contribution < 1.29 is 9.47 Å². The quantitative estimate of drug-likeness (QED) is 0.703. The van der Waals surface area contributed by atoms with Crippen molar-refractivity contribution in [1.29, 1.82) is 0 Å². The maximum absolute atomic E-state index is 5.87. The average Bonchev–Trinajstić information content (AvgIpc) is 3.33. The molecule has 1 aromatic rings. The van der Waals surface area contributed by atoms with Gasteiger partial charge < -0.3 is 14.8 Å². The second-order valence-electron chi connectivity index (χ2n) is 5.99. The van der Waals surface area contributed by atoms with Crippen LogP contribution < -0.4 is 14.8 Å². The van der Waals surface area contributed by atoms with Gasteiger partial charge in [-0.15, -0.1) is 0 Å². The van der Waals surface area contributed by atoms with Crippen LogP contribution in [0, 0.1) is 0 Å². The van der Waals surface area contributed by atoms with Gasteiger partial charge in [-0.3, -0.25) is 0 Å². The second kappa shape index (κ2) is 8.28. The third-order valence-electron chi connectivity index (χ3n) is 3.75. The predicted molar refractivity (Wildman–Crippen MR) is 87.5 cm³/mol. The Morgan fingerprint density at radius 1 is 1.10 bits per heavy atom. The van der Waals surface area contributed by atoms with Crippen LogP contribution in [-0.2, 0) is 0 Å². The molecule has 0 amide bonds. The summed E-state index contributed by atoms with van der Waals surface area (Å²) in [4.78, 5) is 0. The fourth-order valence-electron chi connectivity index (χ4n) is 2.24. The molecule has 1 aromatic carbocycles. The number of hydrogen-bond donors (Lipinski definition) is 1. The van der Waals surface area contributed by atoms with Crippen LogP contribution >= 0.6 is 0 Å². The van der Waals surface area contributed by atoms with E-state index in [0.717, 1.165) is 50.1 Å². The number of benzene rings is 1. The Balaban J connectivity index is 2.02. The predicted octanol–water partition coefficient (Wildman–Crippen LogP) is 4.12. The Kier molecular flexibility index (Phi) is 6.37. The minimum atomic E-state index is 0.495. The summed E-state index contributed by atoms with van der Waals surface area (Å²) in [5.74, 6) is 2.26. The van der Waals surface area contributed by atoms with E-state index in [1.807, 2.05) is 0 Å². The van der Waals surface area contributed by atoms with Crippen LogP contribution in [0.5, 0.6) is 11.5 Å². The van der Waals surface area contributed by atoms with Crippen LogP contribution in [0.4, 0.5) is 0 Å². The van der Waals surface area contributed by atoms with Gasteiger partial charge in [0.15, 0.2) is 11.5 Å². The maximum Gasteiger partial charge on any atom is 0.161 e. The van der Waals surface area contributed by atoms with Crippen LogP contribution in [0.2, 0.25) is 0 Å². The van der Waals surface area contributed by atoms with E-state index in [9.17, 15) is 0 Å². The molecule has 0 radical (unpaired) electrons. The molecular weight excluding hydrogens is 262 g/mol. The molecule has 118 valence electrons. The lowest BCUT2D eigenvalue weighted by molar-refractivity contribution is 0.268. The Hall–Kier alpha value is -1.22. The Bertz CT molecular complexity index is 429. The summed E-state index contributed by atoms with van der Waals surface area (Å²) < 4.78 is 11.7. The van der Waals surface area contributed by atoms with Crippen LogP contribution in [0.15, 0.2) is 18.2 Å². The zero-order valence-electron chi connectivity index (χ0n) is 13.7. The Morgan fingerprint density at radius 3 is 2.38 bits per heavy atom. The highest BCUT2D eigenvalue weighted by atomic mass is 16.5. The van der Waals surface area contributed by atoms with Gasteiger partial charge in [0.2, 0.25) is 0 Å². The zero-order valence-corrected chi connectivity index (χ0v) is 13.7. The molecule has 0 aromatic heterocycles. The molecule has 0 saturated heterocycles. The standard InChI is InChI=1S/C18H29NO2/c1-4-10-20-17-9-6-15(12-18(17)21-11-5-2)14(3)13-19-16-7-8-16/h6,9,12,14,16,19H,4-5,7-8,10-11,13H2,1-3H3. The second-order valence-corrected chi connectivity index (χ2v) is 5.99. The molecule has 1 fully saturated rings. The van der Waals surface area contributed by atoms with Gasteiger partial charge in [-0.05, 0) is 49.3 Å². The smallest absolute Gasteiger partial charge is 0.161 e. The van der Waals surface area contributed by atoms with Gasteiger partial charge in [-0.1, -0.05) is 26.8 Å². The summed E-state index contributed by atoms with van der Waals surface area (Å²) in [6, 6.07) is 7.14. The summed E-state index contributed by atoms with van der Waals surface area (Å²) in [5, 5.41) is 3.59. The third kappa shape index (κ3) is 5.24. The fraction of sp³-hybridized carbons (Fsp3) is 0.667. The summed E-state index contributed by atoms with van der Waals surface area (Å²) in [7, 11) is 0. The van der Waals surface area contributed by atoms with Crippen LogP contribution in [0.25, 0.3) is 0 Å². The lowest BCUT2D eigenvalue weighted by atomic mass is 10.0. The lowest BCUT2D eigenvalue weighted by Gasteiger charge is -2.17. The summed E-state index contributed by atoms with van der Waals surface area (Å²) in [6.45, 7) is 9.01. The Morgan fingerprint density at radius 2 is 1.76 bits per heavy atom. The van der Waals surface area contributed by atoms with Crippen molar-refractivity contribution in [2.24, 2.45) is 0 Å². The molecule has 3 nitrogen and oxygen atoms in total. The minimum absolute atomic E-state index is 0.495. The lowest BCUT2D eigenvalue weighted by Crippen LogP contribution is -2.22. The van der Waals surface area contributed by atoms with Crippen molar-refractivity contribution in [3.05, 3.63) is 23.8 Å². The van der Waals surface area contributed by atoms with Gasteiger partial charge in [0.1, 0.15) is 0 Å². The first-order valence-corrected chi connectivity index (χ1v) is 8.37. The first kappa shape index (κ1) is 16.2. The van der Waals surface area contributed by atoms with E-state index in [-0.39, 0.29) is 0 Å². The molecule has 1 unspecified atom stereocenters. The molecule has 1 aliphatic carbocycles. The SMILES string of the molecule is CCCOc1ccc(C(C)CNC2CC2)cc1OCCC. The highest BCUT2D eigenvalue weighted by molar-refractivity contribution is 5.44. The van der Waals surface area contributed by atoms with E-state index in [0.29, 0.717) is 5.92 Å². The molecular formula is C18H29NO2. The molecule has 1 atom stereocenters. The number of hydrogen-bond acceptors (Lipinski definition) is 3. The van der Waals surface area contributed by atoms with Crippen LogP contribution in [0.3, 0.4) is 0 Å². The van der Waals surface area contributed by atoms with Gasteiger partial charge in [-0.25, -0.2) is 0 Å². The third-order valence-corrected chi connectivity index (χ3v) is 3.75. The van der Waals surface area contributed by atoms with E-state index in [1.54, 1.807) is 0 Å². The molecule has 0 bridgehead atoms. The van der Waals surface area contributed by atoms with Crippen molar-refractivity contribution in [3.63, 3.8) is 0 Å². The first-order valence-electron chi connectivity index (χ1n) is 8.37. The largest absolute Gasteiger partial charge is 0.490 e. The fourth-order valence-corrected chi connectivity index (χ4v) is 2.24. The number of ether oxygens (including phenoxy) is 2. The van der Waals surface area contributed by atoms with E-state index < -0.39 is 0 Å². The molecule has 1 N–H and O–H groups in total. The number of rotatable bonds is 10. The summed E-state index contributed by atoms with van der Waals surface area (Å²) >= 11 is 0. The van der Waals surface area contributed by atoms with Gasteiger partial charge >= 0.3 is 0 Å². The molecule has 1 saturated carbocycles. The van der Waals surface area contributed by atoms with Gasteiger partial charge in [0, 0.05) is 12.6 Å². The summed E-state index contributed by atoms with van der Waals surface area (Å²) in [5.41, 5.74) is 1.32. The topological polar surface area (TPSA) is 30.5 Å². The van der Waals surface area contributed by atoms with Crippen molar-refractivity contribution in [1.82, 2.24) is 5.32 Å². The van der Waals surface area contributed by atoms with E-state index >= 15 is 0 Å². The number of nitrogens with one attached hydrogen (secondary N) is 1. The molecule has 1 aliphatic rings. The van der Waals surface area contributed by atoms with Crippen molar-refractivity contribution in [2.75, 3.05) is 19.8 Å². The molecule has 2 rings (SSSR count). The van der Waals surface area contributed by atoms with E-state index in [1.165, 1.54) is 18.4 Å². The van der Waals surface area contributed by atoms with Gasteiger partial charge in [-0.2, -0.15) is 0 Å². The van der Waals surface area contributed by atoms with E-state index in [4.69, 9.17) is 9.47 Å². The first-order chi connectivity index (χ1) is 10.2. The average molecular weight is 291 g/mol.